The zero-order valence-electron chi connectivity index (χ0n) is 14.3. The number of halogens is 5. The third-order valence-electron chi connectivity index (χ3n) is 4.26. The van der Waals surface area contributed by atoms with Gasteiger partial charge in [0.05, 0.1) is 0 Å². The number of rotatable bonds is 6. The highest BCUT2D eigenvalue weighted by atomic mass is 35.5. The predicted octanol–water partition coefficient (Wildman–Crippen LogP) is 5.88. The summed E-state index contributed by atoms with van der Waals surface area (Å²) in [7, 11) is 0. The maximum atomic E-state index is 15.3. The van der Waals surface area contributed by atoms with Crippen LogP contribution in [-0.4, -0.2) is 17.1 Å². The Labute approximate surface area is 164 Å². The Hall–Kier alpha value is -2.57. The smallest absolute Gasteiger partial charge is 0.428 e. The first-order valence-electron chi connectivity index (χ1n) is 8.23. The lowest BCUT2D eigenvalue weighted by Crippen LogP contribution is -2.59. The Kier molecular flexibility index (Phi) is 5.37. The standard InChI is InChI=1S/C21H15ClF4O2/c22-18-14-8-7-13-17(18)19(27,15-9-3-1-4-10-15)20(23,24)21(25,26)28-16-11-5-2-6-12-16/h1-14,27H. The summed E-state index contributed by atoms with van der Waals surface area (Å²) in [5.41, 5.74) is -4.47. The van der Waals surface area contributed by atoms with E-state index in [2.05, 4.69) is 4.74 Å². The quantitative estimate of drug-likeness (QED) is 0.514. The summed E-state index contributed by atoms with van der Waals surface area (Å²) < 4.78 is 64.3. The zero-order chi connectivity index (χ0) is 20.4. The van der Waals surface area contributed by atoms with Crippen molar-refractivity contribution in [1.29, 1.82) is 0 Å². The molecule has 0 radical (unpaired) electrons. The molecule has 0 spiro atoms. The number of benzene rings is 3. The molecule has 1 N–H and O–H groups in total. The minimum atomic E-state index is -5.08. The van der Waals surface area contributed by atoms with E-state index < -0.39 is 34.5 Å². The van der Waals surface area contributed by atoms with Gasteiger partial charge in [-0.3, -0.25) is 0 Å². The lowest BCUT2D eigenvalue weighted by molar-refractivity contribution is -0.356. The number of hydrogen-bond acceptors (Lipinski definition) is 2. The van der Waals surface area contributed by atoms with Gasteiger partial charge < -0.3 is 9.84 Å². The van der Waals surface area contributed by atoms with Crippen LogP contribution in [0.15, 0.2) is 84.9 Å². The second kappa shape index (κ2) is 7.45. The SMILES string of the molecule is OC(c1ccccc1)(c1ccccc1Cl)C(F)(F)C(F)(F)Oc1ccccc1. The van der Waals surface area contributed by atoms with Crippen molar-refractivity contribution in [2.45, 2.75) is 17.6 Å². The summed E-state index contributed by atoms with van der Waals surface area (Å²) in [6.45, 7) is 0. The van der Waals surface area contributed by atoms with Crippen molar-refractivity contribution in [2.24, 2.45) is 0 Å². The van der Waals surface area contributed by atoms with Crippen molar-refractivity contribution in [1.82, 2.24) is 0 Å². The van der Waals surface area contributed by atoms with Crippen LogP contribution in [-0.2, 0) is 5.60 Å². The van der Waals surface area contributed by atoms with E-state index in [1.807, 2.05) is 0 Å². The van der Waals surface area contributed by atoms with E-state index in [-0.39, 0.29) is 5.02 Å². The third kappa shape index (κ3) is 3.34. The summed E-state index contributed by atoms with van der Waals surface area (Å²) in [5, 5.41) is 10.8. The van der Waals surface area contributed by atoms with Crippen LogP contribution < -0.4 is 4.74 Å². The van der Waals surface area contributed by atoms with Crippen LogP contribution in [0.4, 0.5) is 17.6 Å². The van der Waals surface area contributed by atoms with Crippen molar-refractivity contribution in [2.75, 3.05) is 0 Å². The largest absolute Gasteiger partial charge is 0.468 e. The van der Waals surface area contributed by atoms with E-state index in [0.717, 1.165) is 30.3 Å². The highest BCUT2D eigenvalue weighted by Gasteiger charge is 2.72. The number of para-hydroxylation sites is 1. The third-order valence-corrected chi connectivity index (χ3v) is 4.59. The Balaban J connectivity index is 2.18. The molecular weight excluding hydrogens is 396 g/mol. The average Bonchev–Trinajstić information content (AvgIpc) is 2.68. The Bertz CT molecular complexity index is 935. The maximum Gasteiger partial charge on any atom is 0.468 e. The molecule has 0 aliphatic rings. The van der Waals surface area contributed by atoms with Gasteiger partial charge in [0.1, 0.15) is 5.75 Å². The maximum absolute atomic E-state index is 15.3. The van der Waals surface area contributed by atoms with E-state index >= 15 is 8.78 Å². The predicted molar refractivity (Wildman–Crippen MR) is 97.9 cm³/mol. The normalized spacial score (nSPS) is 14.4. The van der Waals surface area contributed by atoms with Crippen LogP contribution in [0.2, 0.25) is 5.02 Å². The Morgan fingerprint density at radius 3 is 1.79 bits per heavy atom. The fraction of sp³-hybridized carbons (Fsp3) is 0.143. The van der Waals surface area contributed by atoms with E-state index in [4.69, 9.17) is 11.6 Å². The fourth-order valence-corrected chi connectivity index (χ4v) is 3.12. The van der Waals surface area contributed by atoms with Gasteiger partial charge in [-0.2, -0.15) is 17.6 Å². The topological polar surface area (TPSA) is 29.5 Å². The van der Waals surface area contributed by atoms with Crippen LogP contribution in [0, 0.1) is 0 Å². The highest BCUT2D eigenvalue weighted by molar-refractivity contribution is 6.31. The minimum Gasteiger partial charge on any atom is -0.428 e. The molecule has 0 heterocycles. The van der Waals surface area contributed by atoms with Gasteiger partial charge in [0.25, 0.3) is 0 Å². The van der Waals surface area contributed by atoms with Crippen molar-refractivity contribution in [3.05, 3.63) is 101 Å². The average molecular weight is 411 g/mol. The molecule has 3 rings (SSSR count). The highest BCUT2D eigenvalue weighted by Crippen LogP contribution is 2.52. The Morgan fingerprint density at radius 2 is 1.21 bits per heavy atom. The Morgan fingerprint density at radius 1 is 0.714 bits per heavy atom. The van der Waals surface area contributed by atoms with Gasteiger partial charge in [-0.25, -0.2) is 0 Å². The zero-order valence-corrected chi connectivity index (χ0v) is 15.1. The van der Waals surface area contributed by atoms with Crippen LogP contribution >= 0.6 is 11.6 Å². The van der Waals surface area contributed by atoms with Crippen molar-refractivity contribution >= 4 is 11.6 Å². The molecule has 0 saturated heterocycles. The van der Waals surface area contributed by atoms with Gasteiger partial charge in [-0.05, 0) is 23.8 Å². The van der Waals surface area contributed by atoms with Gasteiger partial charge in [0, 0.05) is 10.6 Å². The number of ether oxygens (including phenoxy) is 1. The first-order chi connectivity index (χ1) is 13.2. The summed E-state index contributed by atoms with van der Waals surface area (Å²) >= 11 is 6.00. The molecular formula is C21H15ClF4O2. The number of alkyl halides is 4. The van der Waals surface area contributed by atoms with E-state index in [9.17, 15) is 13.9 Å². The molecule has 0 bridgehead atoms. The molecule has 7 heteroatoms. The van der Waals surface area contributed by atoms with Crippen LogP contribution in [0.3, 0.4) is 0 Å². The lowest BCUT2D eigenvalue weighted by atomic mass is 9.80. The van der Waals surface area contributed by atoms with Crippen molar-refractivity contribution in [3.8, 4) is 5.75 Å². The summed E-state index contributed by atoms with van der Waals surface area (Å²) in [4.78, 5) is 0. The van der Waals surface area contributed by atoms with Crippen molar-refractivity contribution in [3.63, 3.8) is 0 Å². The van der Waals surface area contributed by atoms with Gasteiger partial charge in [0.2, 0.25) is 0 Å². The first kappa shape index (κ1) is 20.2. The lowest BCUT2D eigenvalue weighted by Gasteiger charge is -2.40. The molecule has 0 saturated carbocycles. The molecule has 0 aromatic heterocycles. The fourth-order valence-electron chi connectivity index (χ4n) is 2.85. The number of hydrogen-bond donors (Lipinski definition) is 1. The molecule has 146 valence electrons. The second-order valence-electron chi connectivity index (χ2n) is 6.06. The van der Waals surface area contributed by atoms with Gasteiger partial charge in [0.15, 0.2) is 5.60 Å². The molecule has 3 aromatic carbocycles. The molecule has 1 atom stereocenters. The summed E-state index contributed by atoms with van der Waals surface area (Å²) in [5.74, 6) is -5.55. The first-order valence-corrected chi connectivity index (χ1v) is 8.60. The van der Waals surface area contributed by atoms with Gasteiger partial charge in [-0.15, -0.1) is 0 Å². The molecule has 0 fully saturated rings. The summed E-state index contributed by atoms with van der Waals surface area (Å²) in [6.07, 6.45) is -5.06. The van der Waals surface area contributed by atoms with E-state index in [0.29, 0.717) is 0 Å². The number of aliphatic hydroxyl groups is 1. The molecule has 1 unspecified atom stereocenters. The van der Waals surface area contributed by atoms with Crippen molar-refractivity contribution < 1.29 is 27.4 Å². The molecule has 3 aromatic rings. The second-order valence-corrected chi connectivity index (χ2v) is 6.47. The molecule has 0 aliphatic heterocycles. The van der Waals surface area contributed by atoms with Crippen LogP contribution in [0.1, 0.15) is 11.1 Å². The van der Waals surface area contributed by atoms with E-state index in [1.54, 1.807) is 0 Å². The van der Waals surface area contributed by atoms with E-state index in [1.165, 1.54) is 54.6 Å². The summed E-state index contributed by atoms with van der Waals surface area (Å²) in [6, 6.07) is 18.0. The van der Waals surface area contributed by atoms with Crippen LogP contribution in [0.25, 0.3) is 0 Å². The molecule has 0 aliphatic carbocycles. The molecule has 2 nitrogen and oxygen atoms in total. The molecule has 0 amide bonds. The van der Waals surface area contributed by atoms with Gasteiger partial charge >= 0.3 is 12.0 Å². The van der Waals surface area contributed by atoms with Gasteiger partial charge in [-0.1, -0.05) is 78.3 Å². The van der Waals surface area contributed by atoms with Crippen LogP contribution in [0.5, 0.6) is 5.75 Å². The monoisotopic (exact) mass is 410 g/mol. The minimum absolute atomic E-state index is 0.288. The molecule has 28 heavy (non-hydrogen) atoms.